The molecule has 9 unspecified atom stereocenters. The van der Waals surface area contributed by atoms with Crippen molar-refractivity contribution in [3.63, 3.8) is 0 Å². The number of amides is 1. The van der Waals surface area contributed by atoms with E-state index < -0.39 is 5.41 Å². The molecule has 0 aromatic carbocycles. The number of carbonyl (C=O) groups is 2. The zero-order valence-corrected chi connectivity index (χ0v) is 23.9. The molecule has 2 N–H and O–H groups in total. The van der Waals surface area contributed by atoms with Gasteiger partial charge in [-0.3, -0.25) is 14.8 Å². The van der Waals surface area contributed by atoms with E-state index in [-0.39, 0.29) is 56.7 Å². The lowest BCUT2D eigenvalue weighted by Gasteiger charge is -2.70. The molecule has 202 valence electrons. The van der Waals surface area contributed by atoms with Gasteiger partial charge >= 0.3 is 0 Å². The number of aliphatic hydroxyl groups excluding tert-OH is 1. The molecule has 0 aromatic heterocycles. The molecule has 5 aliphatic carbocycles. The number of carbonyl (C=O) groups excluding carboxylic acids is 2. The van der Waals surface area contributed by atoms with Gasteiger partial charge < -0.3 is 5.11 Å². The van der Waals surface area contributed by atoms with Gasteiger partial charge in [-0.05, 0) is 103 Å². The van der Waals surface area contributed by atoms with E-state index in [4.69, 9.17) is 0 Å². The minimum Gasteiger partial charge on any atom is -0.393 e. The summed E-state index contributed by atoms with van der Waals surface area (Å²) in [4.78, 5) is 27.4. The van der Waals surface area contributed by atoms with E-state index in [9.17, 15) is 19.9 Å². The predicted octanol–water partition coefficient (Wildman–Crippen LogP) is 6.18. The van der Waals surface area contributed by atoms with Crippen LogP contribution < -0.4 is 0 Å². The summed E-state index contributed by atoms with van der Waals surface area (Å²) in [6.45, 7) is 16.0. The number of aliphatic hydroxyl groups is 1. The topological polar surface area (TPSA) is 77.8 Å². The number of hydrogen-bond acceptors (Lipinski definition) is 4. The van der Waals surface area contributed by atoms with Crippen molar-refractivity contribution in [2.24, 2.45) is 50.2 Å². The largest absolute Gasteiger partial charge is 0.393 e. The van der Waals surface area contributed by atoms with Crippen molar-refractivity contribution in [3.8, 4) is 0 Å². The number of rotatable bonds is 1. The van der Waals surface area contributed by atoms with Gasteiger partial charge in [0, 0.05) is 18.4 Å². The lowest BCUT2D eigenvalue weighted by molar-refractivity contribution is -0.203. The van der Waals surface area contributed by atoms with Gasteiger partial charge in [-0.15, -0.1) is 0 Å². The van der Waals surface area contributed by atoms with Crippen LogP contribution in [0.1, 0.15) is 106 Å². The van der Waals surface area contributed by atoms with Gasteiger partial charge in [-0.25, -0.2) is 5.06 Å². The first kappa shape index (κ1) is 26.4. The van der Waals surface area contributed by atoms with Crippen molar-refractivity contribution in [2.75, 3.05) is 7.05 Å². The molecular weight excluding hydrogens is 450 g/mol. The molecule has 0 aromatic rings. The number of hydroxylamine groups is 2. The fourth-order valence-electron chi connectivity index (χ4n) is 10.8. The molecule has 0 bridgehead atoms. The summed E-state index contributed by atoms with van der Waals surface area (Å²) >= 11 is 0. The normalized spacial score (nSPS) is 51.7. The standard InChI is InChI=1S/C31H49NO4/c1-26(2)22-9-12-31(7)24(29(22,5)11-10-23(26)34)21(33)17-19-20-18-28(4,25(35)32(8)36)14-13-27(20,3)15-16-30(19,31)6/h17,20,22-24,34,36H,9-16,18H2,1-8H3. The Kier molecular flexibility index (Phi) is 5.64. The van der Waals surface area contributed by atoms with Gasteiger partial charge in [-0.2, -0.15) is 0 Å². The molecule has 5 nitrogen and oxygen atoms in total. The molecular formula is C31H49NO4. The molecule has 5 rings (SSSR count). The van der Waals surface area contributed by atoms with E-state index in [1.165, 1.54) is 12.6 Å². The number of fused-ring (bicyclic) bond motifs is 7. The van der Waals surface area contributed by atoms with Crippen molar-refractivity contribution in [3.05, 3.63) is 11.6 Å². The summed E-state index contributed by atoms with van der Waals surface area (Å²) in [6, 6.07) is 0. The fourth-order valence-corrected chi connectivity index (χ4v) is 10.8. The smallest absolute Gasteiger partial charge is 0.251 e. The Labute approximate surface area is 218 Å². The third kappa shape index (κ3) is 3.14. The Bertz CT molecular complexity index is 1020. The van der Waals surface area contributed by atoms with Crippen LogP contribution in [0.2, 0.25) is 0 Å². The highest BCUT2D eigenvalue weighted by molar-refractivity contribution is 5.95. The van der Waals surface area contributed by atoms with Crippen LogP contribution in [-0.2, 0) is 9.59 Å². The van der Waals surface area contributed by atoms with E-state index in [0.717, 1.165) is 56.4 Å². The van der Waals surface area contributed by atoms with Crippen molar-refractivity contribution < 1.29 is 19.9 Å². The van der Waals surface area contributed by atoms with Crippen LogP contribution in [0.4, 0.5) is 0 Å². The quantitative estimate of drug-likeness (QED) is 0.334. The molecule has 5 heteroatoms. The lowest BCUT2D eigenvalue weighted by Crippen LogP contribution is -2.66. The second-order valence-electron chi connectivity index (χ2n) is 15.5. The monoisotopic (exact) mass is 499 g/mol. The molecule has 4 saturated carbocycles. The highest BCUT2D eigenvalue weighted by atomic mass is 16.5. The molecule has 0 radical (unpaired) electrons. The molecule has 1 amide bonds. The Morgan fingerprint density at radius 1 is 0.944 bits per heavy atom. The second-order valence-corrected chi connectivity index (χ2v) is 15.5. The van der Waals surface area contributed by atoms with E-state index in [1.54, 1.807) is 0 Å². The summed E-state index contributed by atoms with van der Waals surface area (Å²) < 4.78 is 0. The Hall–Kier alpha value is -1.20. The summed E-state index contributed by atoms with van der Waals surface area (Å²) in [5.74, 6) is 0.551. The maximum Gasteiger partial charge on any atom is 0.251 e. The first-order chi connectivity index (χ1) is 16.5. The summed E-state index contributed by atoms with van der Waals surface area (Å²) in [7, 11) is 1.43. The summed E-state index contributed by atoms with van der Waals surface area (Å²) in [6.07, 6.45) is 10.1. The Morgan fingerprint density at radius 3 is 2.22 bits per heavy atom. The van der Waals surface area contributed by atoms with E-state index in [0.29, 0.717) is 12.3 Å². The number of ketones is 1. The Balaban J connectivity index is 1.60. The van der Waals surface area contributed by atoms with Crippen LogP contribution >= 0.6 is 0 Å². The second kappa shape index (κ2) is 7.68. The van der Waals surface area contributed by atoms with Gasteiger partial charge in [0.25, 0.3) is 5.91 Å². The molecule has 0 saturated heterocycles. The van der Waals surface area contributed by atoms with Gasteiger partial charge in [-0.1, -0.05) is 54.0 Å². The van der Waals surface area contributed by atoms with E-state index >= 15 is 0 Å². The third-order valence-corrected chi connectivity index (χ3v) is 13.4. The first-order valence-electron chi connectivity index (χ1n) is 14.4. The van der Waals surface area contributed by atoms with Crippen molar-refractivity contribution in [1.29, 1.82) is 0 Å². The fraction of sp³-hybridized carbons (Fsp3) is 0.871. The van der Waals surface area contributed by atoms with Gasteiger partial charge in [0.05, 0.1) is 6.10 Å². The van der Waals surface area contributed by atoms with Crippen LogP contribution in [0, 0.1) is 50.2 Å². The molecule has 0 spiro atoms. The number of nitrogens with zero attached hydrogens (tertiary/aromatic N) is 1. The highest BCUT2D eigenvalue weighted by Crippen LogP contribution is 2.75. The zero-order chi connectivity index (χ0) is 26.7. The van der Waals surface area contributed by atoms with Gasteiger partial charge in [0.2, 0.25) is 0 Å². The lowest BCUT2D eigenvalue weighted by atomic mass is 9.33. The highest BCUT2D eigenvalue weighted by Gasteiger charge is 2.70. The summed E-state index contributed by atoms with van der Waals surface area (Å²) in [5.41, 5.74) is 0.237. The first-order valence-corrected chi connectivity index (χ1v) is 14.4. The van der Waals surface area contributed by atoms with Crippen LogP contribution in [-0.4, -0.2) is 40.2 Å². The minimum atomic E-state index is -0.610. The molecule has 36 heavy (non-hydrogen) atoms. The number of hydrogen-bond donors (Lipinski definition) is 2. The zero-order valence-electron chi connectivity index (χ0n) is 23.9. The van der Waals surface area contributed by atoms with Crippen LogP contribution in [0.25, 0.3) is 0 Å². The van der Waals surface area contributed by atoms with Crippen LogP contribution in [0.15, 0.2) is 11.6 Å². The average Bonchev–Trinajstić information content (AvgIpc) is 2.78. The summed E-state index contributed by atoms with van der Waals surface area (Å²) in [5, 5.41) is 21.7. The maximum atomic E-state index is 14.3. The van der Waals surface area contributed by atoms with Crippen LogP contribution in [0.5, 0.6) is 0 Å². The molecule has 5 aliphatic rings. The Morgan fingerprint density at radius 2 is 1.58 bits per heavy atom. The third-order valence-electron chi connectivity index (χ3n) is 13.4. The van der Waals surface area contributed by atoms with Crippen molar-refractivity contribution in [2.45, 2.75) is 112 Å². The van der Waals surface area contributed by atoms with Crippen molar-refractivity contribution in [1.82, 2.24) is 5.06 Å². The van der Waals surface area contributed by atoms with Gasteiger partial charge in [0.1, 0.15) is 0 Å². The molecule has 4 fully saturated rings. The SMILES string of the molecule is CN(O)C(=O)C1(C)CCC2(C)CCC3(C)C(=CC(=O)C4C5(C)CCC(O)C(C)(C)C5CCC43C)C2C1. The molecule has 9 atom stereocenters. The van der Waals surface area contributed by atoms with Crippen molar-refractivity contribution >= 4 is 11.7 Å². The maximum absolute atomic E-state index is 14.3. The number of allylic oxidation sites excluding steroid dienone is 2. The average molecular weight is 500 g/mol. The predicted molar refractivity (Wildman–Crippen MR) is 140 cm³/mol. The van der Waals surface area contributed by atoms with Gasteiger partial charge in [0.15, 0.2) is 5.78 Å². The molecule has 0 heterocycles. The van der Waals surface area contributed by atoms with E-state index in [1.807, 2.05) is 13.0 Å². The molecule has 0 aliphatic heterocycles. The van der Waals surface area contributed by atoms with E-state index in [2.05, 4.69) is 41.5 Å². The minimum absolute atomic E-state index is 0.0335. The van der Waals surface area contributed by atoms with Crippen LogP contribution in [0.3, 0.4) is 0 Å².